The van der Waals surface area contributed by atoms with E-state index in [0.717, 1.165) is 16.7 Å². The van der Waals surface area contributed by atoms with E-state index in [4.69, 9.17) is 0 Å². The van der Waals surface area contributed by atoms with E-state index in [0.29, 0.717) is 24.9 Å². The molecule has 3 atom stereocenters. The van der Waals surface area contributed by atoms with Gasteiger partial charge in [-0.25, -0.2) is 0 Å². The van der Waals surface area contributed by atoms with E-state index >= 15 is 0 Å². The zero-order chi connectivity index (χ0) is 28.4. The molecule has 1 N–H and O–H groups in total. The molecule has 0 aromatic heterocycles. The van der Waals surface area contributed by atoms with Crippen molar-refractivity contribution in [2.24, 2.45) is 5.92 Å². The van der Waals surface area contributed by atoms with E-state index in [1.165, 1.54) is 11.8 Å². The molecule has 0 bridgehead atoms. The van der Waals surface area contributed by atoms with Gasteiger partial charge in [-0.15, -0.1) is 0 Å². The fourth-order valence-corrected chi connectivity index (χ4v) is 4.64. The summed E-state index contributed by atoms with van der Waals surface area (Å²) in [7, 11) is 0. The third kappa shape index (κ3) is 10.9. The van der Waals surface area contributed by atoms with Crippen LogP contribution >= 0.6 is 0 Å². The molecule has 1 amide bonds. The molecule has 0 unspecified atom stereocenters. The summed E-state index contributed by atoms with van der Waals surface area (Å²) < 4.78 is 0. The molecule has 3 aromatic carbocycles. The van der Waals surface area contributed by atoms with E-state index in [1.54, 1.807) is 12.1 Å². The van der Waals surface area contributed by atoms with Crippen LogP contribution in [0.1, 0.15) is 45.6 Å². The summed E-state index contributed by atoms with van der Waals surface area (Å²) in [5, 5.41) is 27.0. The van der Waals surface area contributed by atoms with Gasteiger partial charge in [-0.2, -0.15) is 0 Å². The minimum atomic E-state index is -1.40. The minimum Gasteiger partial charge on any atom is -0.548 e. The number of amides is 1. The van der Waals surface area contributed by atoms with E-state index in [-0.39, 0.29) is 50.1 Å². The zero-order valence-electron chi connectivity index (χ0n) is 24.7. The number of rotatable bonds is 14. The first kappa shape index (κ1) is 36.3. The summed E-state index contributed by atoms with van der Waals surface area (Å²) in [5.74, 6) is -3.18. The molecule has 206 valence electrons. The normalized spacial score (nSPS) is 12.8. The summed E-state index contributed by atoms with van der Waals surface area (Å²) in [4.78, 5) is 39.0. The van der Waals surface area contributed by atoms with Gasteiger partial charge in [0.15, 0.2) is 0 Å². The second-order valence-electron chi connectivity index (χ2n) is 10.2. The van der Waals surface area contributed by atoms with Crippen molar-refractivity contribution in [1.82, 2.24) is 5.32 Å². The number of benzene rings is 3. The topological polar surface area (TPSA) is 113 Å². The van der Waals surface area contributed by atoms with Gasteiger partial charge in [0.05, 0.1) is 24.0 Å². The molecule has 0 aliphatic rings. The maximum absolute atomic E-state index is 13.9. The van der Waals surface area contributed by atoms with Crippen LogP contribution in [0.25, 0.3) is 11.1 Å². The molecule has 0 heterocycles. The van der Waals surface area contributed by atoms with E-state index in [9.17, 15) is 24.6 Å². The van der Waals surface area contributed by atoms with Gasteiger partial charge in [0.25, 0.3) is 0 Å². The predicted octanol–water partition coefficient (Wildman–Crippen LogP) is -3.02. The van der Waals surface area contributed by atoms with Crippen LogP contribution in [0.5, 0.6) is 0 Å². The van der Waals surface area contributed by atoms with Crippen molar-refractivity contribution in [1.29, 1.82) is 0 Å². The number of carbonyl (C=O) groups excluding carboxylic acids is 3. The van der Waals surface area contributed by atoms with Crippen molar-refractivity contribution in [3.63, 3.8) is 0 Å². The molecule has 7 nitrogen and oxygen atoms in total. The Balaban J connectivity index is 0.00000420. The second-order valence-corrected chi connectivity index (χ2v) is 10.2. The van der Waals surface area contributed by atoms with Gasteiger partial charge in [-0.3, -0.25) is 10.1 Å². The summed E-state index contributed by atoms with van der Waals surface area (Å²) in [6.45, 7) is 5.24. The molecule has 0 saturated heterocycles. The van der Waals surface area contributed by atoms with Crippen molar-refractivity contribution >= 4 is 23.5 Å². The van der Waals surface area contributed by atoms with Crippen molar-refractivity contribution < 1.29 is 62.3 Å². The van der Waals surface area contributed by atoms with Crippen LogP contribution in [0.15, 0.2) is 84.9 Å². The standard InChI is InChI=1S/C32H38N2O5.2Li/c1-22(2)21-29(33-28(32(38)39)16-10-13-24-11-6-4-7-12-24)30(35)34(23(3)31(36)37)27-19-17-26(18-20-27)25-14-8-5-9-15-25;;/h4-9,11-12,14-15,17-20,22-23,28-29,33H,10,13,16,21H2,1-3H3,(H,36,37)(H,38,39);;/q;2*+1/p-2/t23-,28-,29-;;/m0../s1. The molecule has 0 fully saturated rings. The average molecular weight is 543 g/mol. The van der Waals surface area contributed by atoms with Crippen molar-refractivity contribution in [3.05, 3.63) is 90.5 Å². The summed E-state index contributed by atoms with van der Waals surface area (Å²) in [6.07, 6.45) is 1.86. The summed E-state index contributed by atoms with van der Waals surface area (Å²) in [5.41, 5.74) is 3.39. The number of carboxylic acid groups (broad SMARTS) is 2. The van der Waals surface area contributed by atoms with Crippen LogP contribution in [-0.2, 0) is 20.8 Å². The van der Waals surface area contributed by atoms with Gasteiger partial charge in [-0.1, -0.05) is 86.6 Å². The Hall–Kier alpha value is -2.78. The number of nitrogens with one attached hydrogen (secondary N) is 1. The summed E-state index contributed by atoms with van der Waals surface area (Å²) >= 11 is 0. The molecule has 0 saturated carbocycles. The molecule has 41 heavy (non-hydrogen) atoms. The average Bonchev–Trinajstić information content (AvgIpc) is 2.93. The number of carboxylic acids is 2. The Bertz CT molecular complexity index is 1220. The van der Waals surface area contributed by atoms with E-state index in [1.807, 2.05) is 86.6 Å². The fraction of sp³-hybridized carbons (Fsp3) is 0.344. The van der Waals surface area contributed by atoms with Crippen molar-refractivity contribution in [3.8, 4) is 11.1 Å². The monoisotopic (exact) mass is 542 g/mol. The van der Waals surface area contributed by atoms with Crippen LogP contribution in [-0.4, -0.2) is 36.0 Å². The second kappa shape index (κ2) is 17.9. The number of aliphatic carboxylic acids is 2. The molecule has 0 aliphatic heterocycles. The first-order valence-electron chi connectivity index (χ1n) is 13.4. The van der Waals surface area contributed by atoms with Crippen LogP contribution in [0.3, 0.4) is 0 Å². The molecule has 0 radical (unpaired) electrons. The van der Waals surface area contributed by atoms with Crippen molar-refractivity contribution in [2.75, 3.05) is 4.90 Å². The first-order valence-corrected chi connectivity index (χ1v) is 13.4. The number of aryl methyl sites for hydroxylation is 1. The number of carbonyl (C=O) groups is 3. The molecule has 3 aromatic rings. The molecule has 0 aliphatic carbocycles. The minimum absolute atomic E-state index is 0. The Morgan fingerprint density at radius 2 is 1.27 bits per heavy atom. The molecule has 0 spiro atoms. The molecule has 9 heteroatoms. The first-order chi connectivity index (χ1) is 18.7. The molecule has 3 rings (SSSR count). The van der Waals surface area contributed by atoms with Gasteiger partial charge in [0, 0.05) is 11.7 Å². The third-order valence-electron chi connectivity index (χ3n) is 6.71. The maximum atomic E-state index is 13.9. The van der Waals surface area contributed by atoms with E-state index < -0.39 is 36.0 Å². The molecular weight excluding hydrogens is 506 g/mol. The number of hydrogen-bond acceptors (Lipinski definition) is 6. The SMILES string of the molecule is CC(C)C[C@H](N[C@@H](CCCc1ccccc1)C(=O)[O-])C(=O)N(c1ccc(-c2ccccc2)cc1)[C@@H](C)C(=O)[O-].[Li+].[Li+]. The van der Waals surface area contributed by atoms with E-state index in [2.05, 4.69) is 5.32 Å². The smallest absolute Gasteiger partial charge is 0.548 e. The Labute approximate surface area is 267 Å². The van der Waals surface area contributed by atoms with Crippen LogP contribution < -0.4 is 58.2 Å². The van der Waals surface area contributed by atoms with Crippen LogP contribution in [0.4, 0.5) is 5.69 Å². The molecular formula is C32H36Li2N2O5. The van der Waals surface area contributed by atoms with Gasteiger partial charge in [0.1, 0.15) is 0 Å². The van der Waals surface area contributed by atoms with Gasteiger partial charge in [0.2, 0.25) is 5.91 Å². The number of hydrogen-bond donors (Lipinski definition) is 1. The van der Waals surface area contributed by atoms with Crippen LogP contribution in [0.2, 0.25) is 0 Å². The van der Waals surface area contributed by atoms with Crippen LogP contribution in [0, 0.1) is 5.92 Å². The summed E-state index contributed by atoms with van der Waals surface area (Å²) in [6, 6.07) is 23.2. The number of anilines is 1. The third-order valence-corrected chi connectivity index (χ3v) is 6.71. The Morgan fingerprint density at radius 3 is 1.78 bits per heavy atom. The zero-order valence-corrected chi connectivity index (χ0v) is 24.7. The van der Waals surface area contributed by atoms with Gasteiger partial charge < -0.3 is 24.7 Å². The quantitative estimate of drug-likeness (QED) is 0.217. The largest absolute Gasteiger partial charge is 1.00 e. The Morgan fingerprint density at radius 1 is 0.732 bits per heavy atom. The van der Waals surface area contributed by atoms with Crippen molar-refractivity contribution in [2.45, 2.75) is 64.6 Å². The fourth-order valence-electron chi connectivity index (χ4n) is 4.64. The predicted molar refractivity (Wildman–Crippen MR) is 148 cm³/mol. The Kier molecular flexibility index (Phi) is 15.8. The number of nitrogens with zero attached hydrogens (tertiary/aromatic N) is 1. The van der Waals surface area contributed by atoms with Gasteiger partial charge >= 0.3 is 37.7 Å². The van der Waals surface area contributed by atoms with Gasteiger partial charge in [-0.05, 0) is 67.3 Å². The maximum Gasteiger partial charge on any atom is 1.00 e.